The molecule has 3 rings (SSSR count). The summed E-state index contributed by atoms with van der Waals surface area (Å²) in [7, 11) is 0. The lowest BCUT2D eigenvalue weighted by atomic mass is 9.87. The van der Waals surface area contributed by atoms with Crippen LogP contribution in [-0.4, -0.2) is 15.9 Å². The number of carbonyl (C=O) groups excluding carboxylic acids is 1. The average molecular weight is 351 g/mol. The molecule has 4 nitrogen and oxygen atoms in total. The van der Waals surface area contributed by atoms with Gasteiger partial charge in [-0.05, 0) is 35.2 Å². The summed E-state index contributed by atoms with van der Waals surface area (Å²) in [5.41, 5.74) is 3.83. The summed E-state index contributed by atoms with van der Waals surface area (Å²) < 4.78 is 0. The van der Waals surface area contributed by atoms with Crippen molar-refractivity contribution in [2.45, 2.75) is 32.7 Å². The summed E-state index contributed by atoms with van der Waals surface area (Å²) in [6, 6.07) is 11.6. The van der Waals surface area contributed by atoms with Crippen LogP contribution >= 0.6 is 11.3 Å². The first-order chi connectivity index (χ1) is 11.9. The van der Waals surface area contributed by atoms with Crippen molar-refractivity contribution in [2.75, 3.05) is 0 Å². The Morgan fingerprint density at radius 2 is 1.92 bits per heavy atom. The number of nitrogens with zero attached hydrogens (tertiary/aromatic N) is 2. The minimum Gasteiger partial charge on any atom is -0.346 e. The highest BCUT2D eigenvalue weighted by molar-refractivity contribution is 7.09. The summed E-state index contributed by atoms with van der Waals surface area (Å²) in [5.74, 6) is -0.0846. The Bertz CT molecular complexity index is 849. The van der Waals surface area contributed by atoms with Gasteiger partial charge in [-0.15, -0.1) is 11.3 Å². The summed E-state index contributed by atoms with van der Waals surface area (Å²) in [5, 5.41) is 5.79. The zero-order chi connectivity index (χ0) is 17.9. The first-order valence-corrected chi connectivity index (χ1v) is 9.05. The molecule has 1 aromatic carbocycles. The number of hydrogen-bond donors (Lipinski definition) is 1. The van der Waals surface area contributed by atoms with Gasteiger partial charge in [0.25, 0.3) is 5.91 Å². The number of amides is 1. The highest BCUT2D eigenvalue weighted by Gasteiger charge is 2.14. The first kappa shape index (κ1) is 17.3. The minimum absolute atomic E-state index is 0.0819. The van der Waals surface area contributed by atoms with Crippen molar-refractivity contribution in [3.05, 3.63) is 70.3 Å². The van der Waals surface area contributed by atoms with E-state index >= 15 is 0 Å². The van der Waals surface area contributed by atoms with Crippen molar-refractivity contribution in [1.29, 1.82) is 0 Å². The van der Waals surface area contributed by atoms with Crippen molar-refractivity contribution in [2.24, 2.45) is 0 Å². The monoisotopic (exact) mass is 351 g/mol. The van der Waals surface area contributed by atoms with Crippen molar-refractivity contribution < 1.29 is 4.79 Å². The lowest BCUT2D eigenvalue weighted by Gasteiger charge is -2.19. The standard InChI is InChI=1S/C20H21N3OS/c1-20(2,3)16-8-6-14(7-9-16)19(24)22-12-18-23-17(13-25-18)15-5-4-10-21-11-15/h4-11,13H,12H2,1-3H3,(H,22,24). The van der Waals surface area contributed by atoms with E-state index < -0.39 is 0 Å². The Hall–Kier alpha value is -2.53. The van der Waals surface area contributed by atoms with E-state index in [9.17, 15) is 4.79 Å². The molecule has 0 aliphatic carbocycles. The maximum Gasteiger partial charge on any atom is 0.251 e. The van der Waals surface area contributed by atoms with Gasteiger partial charge in [-0.1, -0.05) is 32.9 Å². The van der Waals surface area contributed by atoms with Gasteiger partial charge in [0.2, 0.25) is 0 Å². The van der Waals surface area contributed by atoms with Crippen LogP contribution in [0.1, 0.15) is 41.7 Å². The van der Waals surface area contributed by atoms with Gasteiger partial charge < -0.3 is 5.32 Å². The maximum absolute atomic E-state index is 12.3. The van der Waals surface area contributed by atoms with Crippen LogP contribution in [-0.2, 0) is 12.0 Å². The van der Waals surface area contributed by atoms with Gasteiger partial charge in [0.1, 0.15) is 5.01 Å². The third-order valence-corrected chi connectivity index (χ3v) is 4.77. The predicted molar refractivity (Wildman–Crippen MR) is 102 cm³/mol. The van der Waals surface area contributed by atoms with Crippen molar-refractivity contribution in [3.8, 4) is 11.3 Å². The number of pyridine rings is 1. The number of thiazole rings is 1. The molecule has 0 aliphatic rings. The second-order valence-corrected chi connectivity index (χ2v) is 7.82. The Morgan fingerprint density at radius 3 is 2.56 bits per heavy atom. The molecule has 0 spiro atoms. The zero-order valence-corrected chi connectivity index (χ0v) is 15.4. The highest BCUT2D eigenvalue weighted by Crippen LogP contribution is 2.23. The topological polar surface area (TPSA) is 54.9 Å². The maximum atomic E-state index is 12.3. The van der Waals surface area contributed by atoms with E-state index in [1.54, 1.807) is 12.4 Å². The minimum atomic E-state index is -0.0846. The van der Waals surface area contributed by atoms with Crippen LogP contribution in [0.15, 0.2) is 54.2 Å². The van der Waals surface area contributed by atoms with Gasteiger partial charge in [0.05, 0.1) is 12.2 Å². The van der Waals surface area contributed by atoms with E-state index in [0.29, 0.717) is 12.1 Å². The Balaban J connectivity index is 1.62. The van der Waals surface area contributed by atoms with E-state index in [0.717, 1.165) is 16.3 Å². The Morgan fingerprint density at radius 1 is 1.16 bits per heavy atom. The number of hydrogen-bond acceptors (Lipinski definition) is 4. The molecule has 128 valence electrons. The van der Waals surface area contributed by atoms with E-state index in [2.05, 4.69) is 36.1 Å². The predicted octanol–water partition coefficient (Wildman–Crippen LogP) is 4.43. The van der Waals surface area contributed by atoms with E-state index in [1.165, 1.54) is 16.9 Å². The largest absolute Gasteiger partial charge is 0.346 e. The van der Waals surface area contributed by atoms with Crippen LogP contribution in [0.2, 0.25) is 0 Å². The molecule has 5 heteroatoms. The molecule has 0 saturated heterocycles. The fourth-order valence-corrected chi connectivity index (χ4v) is 3.16. The third-order valence-electron chi connectivity index (χ3n) is 3.92. The molecule has 0 saturated carbocycles. The van der Waals surface area contributed by atoms with Crippen LogP contribution < -0.4 is 5.32 Å². The van der Waals surface area contributed by atoms with Gasteiger partial charge in [-0.3, -0.25) is 9.78 Å². The molecule has 2 heterocycles. The molecular weight excluding hydrogens is 330 g/mol. The summed E-state index contributed by atoms with van der Waals surface area (Å²) in [6.45, 7) is 6.89. The van der Waals surface area contributed by atoms with Crippen LogP contribution in [0.25, 0.3) is 11.3 Å². The number of benzene rings is 1. The number of nitrogens with one attached hydrogen (secondary N) is 1. The molecule has 0 atom stereocenters. The molecular formula is C20H21N3OS. The molecule has 0 radical (unpaired) electrons. The molecule has 3 aromatic rings. The third kappa shape index (κ3) is 4.31. The molecule has 0 fully saturated rings. The van der Waals surface area contributed by atoms with Crippen LogP contribution in [0, 0.1) is 0 Å². The molecule has 0 bridgehead atoms. The molecule has 1 amide bonds. The average Bonchev–Trinajstić information content (AvgIpc) is 3.09. The van der Waals surface area contributed by atoms with Crippen LogP contribution in [0.5, 0.6) is 0 Å². The molecule has 1 N–H and O–H groups in total. The van der Waals surface area contributed by atoms with Gasteiger partial charge >= 0.3 is 0 Å². The van der Waals surface area contributed by atoms with Crippen molar-refractivity contribution in [1.82, 2.24) is 15.3 Å². The summed E-state index contributed by atoms with van der Waals surface area (Å²) in [4.78, 5) is 21.0. The smallest absolute Gasteiger partial charge is 0.251 e. The SMILES string of the molecule is CC(C)(C)c1ccc(C(=O)NCc2nc(-c3cccnc3)cs2)cc1. The van der Waals surface area contributed by atoms with Crippen LogP contribution in [0.4, 0.5) is 0 Å². The summed E-state index contributed by atoms with van der Waals surface area (Å²) >= 11 is 1.53. The van der Waals surface area contributed by atoms with Gasteiger partial charge in [-0.2, -0.15) is 0 Å². The molecule has 0 aliphatic heterocycles. The number of rotatable bonds is 4. The molecule has 0 unspecified atom stereocenters. The van der Waals surface area contributed by atoms with E-state index in [4.69, 9.17) is 0 Å². The molecule has 25 heavy (non-hydrogen) atoms. The highest BCUT2D eigenvalue weighted by atomic mass is 32.1. The number of carbonyl (C=O) groups is 1. The van der Waals surface area contributed by atoms with E-state index in [-0.39, 0.29) is 11.3 Å². The summed E-state index contributed by atoms with van der Waals surface area (Å²) in [6.07, 6.45) is 3.52. The van der Waals surface area contributed by atoms with E-state index in [1.807, 2.05) is 41.8 Å². The normalized spacial score (nSPS) is 11.3. The number of aromatic nitrogens is 2. The second kappa shape index (κ2) is 7.15. The second-order valence-electron chi connectivity index (χ2n) is 6.88. The lowest BCUT2D eigenvalue weighted by Crippen LogP contribution is -2.23. The lowest BCUT2D eigenvalue weighted by molar-refractivity contribution is 0.0951. The van der Waals surface area contributed by atoms with Gasteiger partial charge in [0.15, 0.2) is 0 Å². The fourth-order valence-electron chi connectivity index (χ4n) is 2.42. The van der Waals surface area contributed by atoms with Gasteiger partial charge in [0, 0.05) is 28.9 Å². The van der Waals surface area contributed by atoms with Crippen molar-refractivity contribution in [3.63, 3.8) is 0 Å². The zero-order valence-electron chi connectivity index (χ0n) is 14.6. The first-order valence-electron chi connectivity index (χ1n) is 8.17. The Labute approximate surface area is 152 Å². The Kier molecular flexibility index (Phi) is 4.95. The van der Waals surface area contributed by atoms with Gasteiger partial charge in [-0.25, -0.2) is 4.98 Å². The molecule has 2 aromatic heterocycles. The fraction of sp³-hybridized carbons (Fsp3) is 0.250. The van der Waals surface area contributed by atoms with Crippen LogP contribution in [0.3, 0.4) is 0 Å². The van der Waals surface area contributed by atoms with Crippen molar-refractivity contribution >= 4 is 17.2 Å². The quantitative estimate of drug-likeness (QED) is 0.756.